The fourth-order valence-electron chi connectivity index (χ4n) is 3.20. The number of urea groups is 1. The third kappa shape index (κ3) is 2.18. The molecular weight excluding hydrogens is 296 g/mol. The minimum absolute atomic E-state index is 0.0563. The summed E-state index contributed by atoms with van der Waals surface area (Å²) in [5, 5.41) is 2.93. The lowest BCUT2D eigenvalue weighted by Crippen LogP contribution is -2.48. The van der Waals surface area contributed by atoms with Crippen LogP contribution in [-0.2, 0) is 4.79 Å². The van der Waals surface area contributed by atoms with Crippen LogP contribution in [0.15, 0.2) is 41.6 Å². The monoisotopic (exact) mass is 312 g/mol. The van der Waals surface area contributed by atoms with E-state index in [1.54, 1.807) is 11.0 Å². The first-order valence-electron chi connectivity index (χ1n) is 7.54. The molecule has 1 unspecified atom stereocenters. The van der Waals surface area contributed by atoms with Crippen molar-refractivity contribution in [2.45, 2.75) is 19.4 Å². The van der Waals surface area contributed by atoms with E-state index in [9.17, 15) is 9.59 Å². The molecule has 4 rings (SSSR count). The molecule has 0 aliphatic carbocycles. The number of rotatable bonds is 2. The van der Waals surface area contributed by atoms with Gasteiger partial charge in [-0.05, 0) is 37.1 Å². The predicted molar refractivity (Wildman–Crippen MR) is 82.0 cm³/mol. The van der Waals surface area contributed by atoms with Gasteiger partial charge < -0.3 is 14.8 Å². The lowest BCUT2D eigenvalue weighted by atomic mass is 9.90. The number of ether oxygens (including phenoxy) is 2. The third-order valence-corrected chi connectivity index (χ3v) is 4.27. The second kappa shape index (κ2) is 5.15. The quantitative estimate of drug-likeness (QED) is 0.910. The zero-order chi connectivity index (χ0) is 16.0. The Hall–Kier alpha value is -2.76. The van der Waals surface area contributed by atoms with Crippen molar-refractivity contribution >= 4 is 11.8 Å². The summed E-state index contributed by atoms with van der Waals surface area (Å²) >= 11 is 0. The van der Waals surface area contributed by atoms with Crippen molar-refractivity contribution in [2.24, 2.45) is 0 Å². The number of Topliss-reactive ketones (excluding diaryl/α,β-unsaturated/α-hetero) is 1. The van der Waals surface area contributed by atoms with Crippen LogP contribution in [-0.4, -0.2) is 30.1 Å². The van der Waals surface area contributed by atoms with Gasteiger partial charge in [-0.25, -0.2) is 4.79 Å². The maximum atomic E-state index is 12.4. The van der Waals surface area contributed by atoms with Gasteiger partial charge in [0.05, 0.1) is 11.7 Å². The van der Waals surface area contributed by atoms with E-state index in [1.165, 1.54) is 6.92 Å². The second-order valence-electron chi connectivity index (χ2n) is 5.69. The van der Waals surface area contributed by atoms with Gasteiger partial charge in [0.15, 0.2) is 17.3 Å². The summed E-state index contributed by atoms with van der Waals surface area (Å²) in [4.78, 5) is 26.3. The van der Waals surface area contributed by atoms with Gasteiger partial charge in [-0.15, -0.1) is 0 Å². The molecule has 1 N–H and O–H groups in total. The molecule has 0 spiro atoms. The number of carbonyl (C=O) groups is 2. The average Bonchev–Trinajstić information content (AvgIpc) is 3.02. The number of nitrogens with one attached hydrogen (secondary N) is 1. The highest BCUT2D eigenvalue weighted by atomic mass is 16.7. The van der Waals surface area contributed by atoms with Crippen molar-refractivity contribution in [1.29, 1.82) is 0 Å². The molecule has 23 heavy (non-hydrogen) atoms. The van der Waals surface area contributed by atoms with Gasteiger partial charge in [0, 0.05) is 12.1 Å². The molecule has 0 fully saturated rings. The Labute approximate surface area is 133 Å². The number of benzene rings is 1. The molecule has 0 bridgehead atoms. The zero-order valence-electron chi connectivity index (χ0n) is 12.7. The highest BCUT2D eigenvalue weighted by molar-refractivity contribution is 5.99. The third-order valence-electron chi connectivity index (χ3n) is 4.27. The predicted octanol–water partition coefficient (Wildman–Crippen LogP) is 2.28. The first-order chi connectivity index (χ1) is 11.1. The number of carbonyl (C=O) groups excluding carboxylic acids is 2. The molecular formula is C17H16N2O4. The topological polar surface area (TPSA) is 67.9 Å². The van der Waals surface area contributed by atoms with Crippen LogP contribution in [0.1, 0.15) is 24.9 Å². The Bertz CT molecular complexity index is 766. The first kappa shape index (κ1) is 13.9. The van der Waals surface area contributed by atoms with Crippen molar-refractivity contribution in [3.8, 4) is 11.5 Å². The Morgan fingerprint density at radius 1 is 1.30 bits per heavy atom. The maximum Gasteiger partial charge on any atom is 0.322 e. The summed E-state index contributed by atoms with van der Waals surface area (Å²) in [5.74, 6) is 1.25. The number of amides is 2. The van der Waals surface area contributed by atoms with Crippen LogP contribution in [0.25, 0.3) is 0 Å². The van der Waals surface area contributed by atoms with E-state index in [-0.39, 0.29) is 18.6 Å². The summed E-state index contributed by atoms with van der Waals surface area (Å²) < 4.78 is 10.7. The van der Waals surface area contributed by atoms with Crippen molar-refractivity contribution in [1.82, 2.24) is 10.2 Å². The number of hydrogen-bond acceptors (Lipinski definition) is 4. The molecule has 0 saturated carbocycles. The largest absolute Gasteiger partial charge is 0.454 e. The van der Waals surface area contributed by atoms with Crippen LogP contribution in [0.3, 0.4) is 0 Å². The van der Waals surface area contributed by atoms with Gasteiger partial charge in [-0.2, -0.15) is 0 Å². The Balaban J connectivity index is 1.83. The van der Waals surface area contributed by atoms with E-state index in [0.29, 0.717) is 29.3 Å². The summed E-state index contributed by atoms with van der Waals surface area (Å²) in [6.07, 6.45) is 4.64. The van der Waals surface area contributed by atoms with Gasteiger partial charge in [0.2, 0.25) is 6.79 Å². The second-order valence-corrected chi connectivity index (χ2v) is 5.69. The van der Waals surface area contributed by atoms with Gasteiger partial charge in [0.25, 0.3) is 0 Å². The van der Waals surface area contributed by atoms with E-state index in [0.717, 1.165) is 12.0 Å². The minimum Gasteiger partial charge on any atom is -0.454 e. The van der Waals surface area contributed by atoms with Crippen molar-refractivity contribution in [3.05, 3.63) is 47.2 Å². The highest BCUT2D eigenvalue weighted by Gasteiger charge is 2.36. The molecule has 1 aromatic carbocycles. The number of allylic oxidation sites excluding steroid dienone is 1. The minimum atomic E-state index is -0.483. The Morgan fingerprint density at radius 3 is 2.96 bits per heavy atom. The SMILES string of the molecule is CC(=O)C1=C2C=CCCN2C(=O)NC1c1ccc2c(c1)OCO2. The van der Waals surface area contributed by atoms with Gasteiger partial charge in [0.1, 0.15) is 0 Å². The molecule has 0 radical (unpaired) electrons. The molecule has 3 heterocycles. The molecule has 6 nitrogen and oxygen atoms in total. The van der Waals surface area contributed by atoms with Crippen molar-refractivity contribution < 1.29 is 19.1 Å². The molecule has 1 atom stereocenters. The van der Waals surface area contributed by atoms with Crippen LogP contribution in [0.2, 0.25) is 0 Å². The zero-order valence-corrected chi connectivity index (χ0v) is 12.7. The van der Waals surface area contributed by atoms with Crippen LogP contribution in [0.5, 0.6) is 11.5 Å². The molecule has 0 aromatic heterocycles. The summed E-state index contributed by atoms with van der Waals surface area (Å²) in [6, 6.07) is 4.80. The lowest BCUT2D eigenvalue weighted by Gasteiger charge is -2.37. The lowest BCUT2D eigenvalue weighted by molar-refractivity contribution is -0.114. The van der Waals surface area contributed by atoms with Gasteiger partial charge in [-0.1, -0.05) is 12.1 Å². The number of ketones is 1. The van der Waals surface area contributed by atoms with E-state index in [4.69, 9.17) is 9.47 Å². The van der Waals surface area contributed by atoms with Gasteiger partial charge in [-0.3, -0.25) is 9.69 Å². The number of fused-ring (bicyclic) bond motifs is 2. The van der Waals surface area contributed by atoms with Crippen LogP contribution in [0.4, 0.5) is 4.79 Å². The average molecular weight is 312 g/mol. The maximum absolute atomic E-state index is 12.4. The Morgan fingerprint density at radius 2 is 2.13 bits per heavy atom. The first-order valence-corrected chi connectivity index (χ1v) is 7.54. The molecule has 3 aliphatic rings. The van der Waals surface area contributed by atoms with Crippen molar-refractivity contribution in [2.75, 3.05) is 13.3 Å². The van der Waals surface area contributed by atoms with E-state index < -0.39 is 6.04 Å². The van der Waals surface area contributed by atoms with E-state index in [2.05, 4.69) is 5.32 Å². The number of hydrogen-bond donors (Lipinski definition) is 1. The fourth-order valence-corrected chi connectivity index (χ4v) is 3.20. The summed E-state index contributed by atoms with van der Waals surface area (Å²) in [6.45, 7) is 2.30. The van der Waals surface area contributed by atoms with E-state index in [1.807, 2.05) is 24.3 Å². The normalized spacial score (nSPS) is 22.0. The molecule has 1 aromatic rings. The molecule has 118 valence electrons. The van der Waals surface area contributed by atoms with Crippen LogP contribution < -0.4 is 14.8 Å². The Kier molecular flexibility index (Phi) is 3.11. The summed E-state index contributed by atoms with van der Waals surface area (Å²) in [5.41, 5.74) is 2.09. The van der Waals surface area contributed by atoms with Crippen LogP contribution >= 0.6 is 0 Å². The smallest absolute Gasteiger partial charge is 0.322 e. The standard InChI is InChI=1S/C17H16N2O4/c1-10(20)15-12-4-2-3-7-19(12)17(21)18-16(15)11-5-6-13-14(8-11)23-9-22-13/h2,4-6,8,16H,3,7,9H2,1H3,(H,18,21). The van der Waals surface area contributed by atoms with Crippen molar-refractivity contribution in [3.63, 3.8) is 0 Å². The fraction of sp³-hybridized carbons (Fsp3) is 0.294. The molecule has 6 heteroatoms. The highest BCUT2D eigenvalue weighted by Crippen LogP contribution is 2.38. The van der Waals surface area contributed by atoms with Gasteiger partial charge >= 0.3 is 6.03 Å². The number of nitrogens with zero attached hydrogens (tertiary/aromatic N) is 1. The van der Waals surface area contributed by atoms with Crippen LogP contribution in [0, 0.1) is 0 Å². The molecule has 0 saturated heterocycles. The molecule has 3 aliphatic heterocycles. The van der Waals surface area contributed by atoms with E-state index >= 15 is 0 Å². The molecule has 2 amide bonds. The summed E-state index contributed by atoms with van der Waals surface area (Å²) in [7, 11) is 0.